The summed E-state index contributed by atoms with van der Waals surface area (Å²) in [6.45, 7) is 4.49. The van der Waals surface area contributed by atoms with Gasteiger partial charge < -0.3 is 25.2 Å². The van der Waals surface area contributed by atoms with E-state index in [4.69, 9.17) is 5.11 Å². The van der Waals surface area contributed by atoms with Gasteiger partial charge in [-0.3, -0.25) is 0 Å². The van der Waals surface area contributed by atoms with Gasteiger partial charge >= 0.3 is 43.7 Å². The van der Waals surface area contributed by atoms with Crippen LogP contribution in [0.3, 0.4) is 0 Å². The van der Waals surface area contributed by atoms with Crippen molar-refractivity contribution in [2.75, 3.05) is 0 Å². The van der Waals surface area contributed by atoms with E-state index in [0.717, 1.165) is 49.3 Å². The van der Waals surface area contributed by atoms with Crippen LogP contribution in [0.1, 0.15) is 187 Å². The Morgan fingerprint density at radius 1 is 0.532 bits per heavy atom. The molecule has 2 N–H and O–H groups in total. The maximum atomic E-state index is 11.4. The molecule has 0 saturated carbocycles. The maximum Gasteiger partial charge on any atom is 2.00 e. The van der Waals surface area contributed by atoms with E-state index in [9.17, 15) is 24.9 Å². The standard InChI is InChI=1S/2C20H32O3.Ca/c2*1-2-3-4-5-6-7-8-9-10-11-12-13-17-14-18(20(22)23)16-19(21)15-17;/h2*14-16,21H,2-13H2,1H3,(H,22,23);/q;;+2/p-2. The third-order valence-electron chi connectivity index (χ3n) is 8.56. The Labute approximate surface area is 315 Å². The Bertz CT molecular complexity index is 1000. The second-order valence-corrected chi connectivity index (χ2v) is 12.9. The zero-order chi connectivity index (χ0) is 33.8. The summed E-state index contributed by atoms with van der Waals surface area (Å²) in [5.41, 5.74) is 1.89. The molecule has 0 unspecified atom stereocenters. The molecule has 0 aliphatic heterocycles. The van der Waals surface area contributed by atoms with Crippen molar-refractivity contribution in [2.24, 2.45) is 0 Å². The molecule has 0 amide bonds. The van der Waals surface area contributed by atoms with E-state index in [1.807, 2.05) is 0 Å². The number of carboxylic acid groups (broad SMARTS) is 2. The van der Waals surface area contributed by atoms with Gasteiger partial charge in [-0.2, -0.15) is 0 Å². The van der Waals surface area contributed by atoms with Crippen LogP contribution >= 0.6 is 0 Å². The molecule has 7 heteroatoms. The summed E-state index contributed by atoms with van der Waals surface area (Å²) in [5, 5.41) is 40.8. The smallest absolute Gasteiger partial charge is 0.872 e. The number of hydrogen-bond acceptors (Lipinski definition) is 5. The minimum Gasteiger partial charge on any atom is -0.872 e. The molecule has 0 spiro atoms. The van der Waals surface area contributed by atoms with Crippen molar-refractivity contribution >= 4 is 49.7 Å². The minimum absolute atomic E-state index is 0. The molecule has 0 atom stereocenters. The predicted octanol–water partition coefficient (Wildman–Crippen LogP) is 9.54. The van der Waals surface area contributed by atoms with Gasteiger partial charge in [0.05, 0.1) is 11.5 Å². The molecule has 0 radical (unpaired) electrons. The molecule has 0 aliphatic carbocycles. The Hall–Kier alpha value is -1.76. The molecule has 0 heterocycles. The van der Waals surface area contributed by atoms with Gasteiger partial charge in [0.25, 0.3) is 0 Å². The van der Waals surface area contributed by atoms with Crippen LogP contribution in [-0.2, 0) is 12.8 Å². The molecule has 0 aliphatic rings. The summed E-state index contributed by atoms with van der Waals surface area (Å²) in [4.78, 5) is 21.8. The van der Waals surface area contributed by atoms with Crippen molar-refractivity contribution < 1.29 is 30.0 Å². The first-order valence-electron chi connectivity index (χ1n) is 18.3. The number of aryl methyl sites for hydroxylation is 2. The second-order valence-electron chi connectivity index (χ2n) is 12.9. The quantitative estimate of drug-likeness (QED) is 0.0755. The van der Waals surface area contributed by atoms with Crippen molar-refractivity contribution in [1.29, 1.82) is 0 Å². The number of carbonyl (C=O) groups is 2. The largest absolute Gasteiger partial charge is 2.00 e. The van der Waals surface area contributed by atoms with Crippen LogP contribution < -0.4 is 10.2 Å². The number of rotatable bonds is 26. The zero-order valence-electron chi connectivity index (χ0n) is 29.7. The fourth-order valence-electron chi connectivity index (χ4n) is 5.85. The van der Waals surface area contributed by atoms with Gasteiger partial charge in [-0.15, -0.1) is 5.75 Å². The Morgan fingerprint density at radius 2 is 0.894 bits per heavy atom. The topological polar surface area (TPSA) is 121 Å². The van der Waals surface area contributed by atoms with Gasteiger partial charge in [0.15, 0.2) is 0 Å². The molecular weight excluding hydrogens is 617 g/mol. The van der Waals surface area contributed by atoms with Gasteiger partial charge in [0.2, 0.25) is 0 Å². The van der Waals surface area contributed by atoms with Gasteiger partial charge in [-0.05, 0) is 66.6 Å². The van der Waals surface area contributed by atoms with E-state index in [1.54, 1.807) is 18.2 Å². The fraction of sp³-hybridized carbons (Fsp3) is 0.650. The second kappa shape index (κ2) is 30.3. The normalized spacial score (nSPS) is 10.6. The van der Waals surface area contributed by atoms with Gasteiger partial charge in [0.1, 0.15) is 5.75 Å². The molecule has 260 valence electrons. The van der Waals surface area contributed by atoms with Crippen molar-refractivity contribution in [1.82, 2.24) is 0 Å². The van der Waals surface area contributed by atoms with Crippen molar-refractivity contribution in [3.63, 3.8) is 0 Å². The van der Waals surface area contributed by atoms with Crippen LogP contribution in [-0.4, -0.2) is 59.9 Å². The Kier molecular flexibility index (Phi) is 29.2. The maximum absolute atomic E-state index is 11.4. The van der Waals surface area contributed by atoms with Crippen molar-refractivity contribution in [3.8, 4) is 11.5 Å². The molecular formula is C40H62CaO6. The first-order valence-corrected chi connectivity index (χ1v) is 18.3. The van der Waals surface area contributed by atoms with Crippen LogP contribution in [0, 0.1) is 0 Å². The molecule has 47 heavy (non-hydrogen) atoms. The van der Waals surface area contributed by atoms with E-state index in [2.05, 4.69) is 13.8 Å². The number of aromatic carboxylic acids is 2. The van der Waals surface area contributed by atoms with E-state index < -0.39 is 11.9 Å². The fourth-order valence-corrected chi connectivity index (χ4v) is 5.85. The molecule has 0 bridgehead atoms. The average molecular weight is 679 g/mol. The first kappa shape index (κ1) is 45.2. The van der Waals surface area contributed by atoms with Crippen molar-refractivity contribution in [2.45, 2.75) is 168 Å². The number of aromatic hydroxyl groups is 1. The van der Waals surface area contributed by atoms with Crippen LogP contribution in [0.5, 0.6) is 11.5 Å². The summed E-state index contributed by atoms with van der Waals surface area (Å²) in [7, 11) is 0. The SMILES string of the molecule is CCCCCCCCCCCCCc1cc(O)cc(C(=O)O)c1.CCCCCCCCCCCCCc1cc([O-])cc(C(=O)[O-])c1.[Ca+2]. The van der Waals surface area contributed by atoms with Gasteiger partial charge in [-0.25, -0.2) is 4.79 Å². The summed E-state index contributed by atoms with van der Waals surface area (Å²) in [5.74, 6) is -2.46. The van der Waals surface area contributed by atoms with Crippen molar-refractivity contribution in [3.05, 3.63) is 58.7 Å². The van der Waals surface area contributed by atoms with Crippen LogP contribution in [0.25, 0.3) is 0 Å². The molecule has 0 saturated heterocycles. The molecule has 2 aromatic rings. The third-order valence-corrected chi connectivity index (χ3v) is 8.56. The molecule has 2 aromatic carbocycles. The Balaban J connectivity index is 0.000000882. The molecule has 6 nitrogen and oxygen atoms in total. The molecule has 0 aromatic heterocycles. The number of unbranched alkanes of at least 4 members (excludes halogenated alkanes) is 20. The number of carbonyl (C=O) groups excluding carboxylic acids is 1. The summed E-state index contributed by atoms with van der Waals surface area (Å²) in [6, 6.07) is 8.85. The Morgan fingerprint density at radius 3 is 1.28 bits per heavy atom. The number of carboxylic acids is 2. The van der Waals surface area contributed by atoms with Gasteiger partial charge in [-0.1, -0.05) is 154 Å². The average Bonchev–Trinajstić information content (AvgIpc) is 3.02. The summed E-state index contributed by atoms with van der Waals surface area (Å²) < 4.78 is 0. The number of benzene rings is 2. The number of phenolic OH excluding ortho intramolecular Hbond substituents is 1. The first-order chi connectivity index (χ1) is 22.3. The summed E-state index contributed by atoms with van der Waals surface area (Å²) in [6.07, 6.45) is 30.0. The number of phenols is 1. The van der Waals surface area contributed by atoms with E-state index >= 15 is 0 Å². The van der Waals surface area contributed by atoms with Crippen LogP contribution in [0.2, 0.25) is 0 Å². The van der Waals surface area contributed by atoms with E-state index in [0.29, 0.717) is 0 Å². The minimum atomic E-state index is -1.28. The van der Waals surface area contributed by atoms with Gasteiger partial charge in [0, 0.05) is 0 Å². The predicted molar refractivity (Wildman–Crippen MR) is 191 cm³/mol. The molecule has 0 fully saturated rings. The van der Waals surface area contributed by atoms with Crippen LogP contribution in [0.15, 0.2) is 36.4 Å². The van der Waals surface area contributed by atoms with E-state index in [1.165, 1.54) is 134 Å². The summed E-state index contributed by atoms with van der Waals surface area (Å²) >= 11 is 0. The monoisotopic (exact) mass is 678 g/mol. The number of hydrogen-bond donors (Lipinski definition) is 2. The zero-order valence-corrected chi connectivity index (χ0v) is 31.9. The van der Waals surface area contributed by atoms with Crippen LogP contribution in [0.4, 0.5) is 0 Å². The molecule has 2 rings (SSSR count). The van der Waals surface area contributed by atoms with E-state index in [-0.39, 0.29) is 60.4 Å². The third kappa shape index (κ3) is 25.0.